The Balaban J connectivity index is 2.09. The zero-order valence-corrected chi connectivity index (χ0v) is 14.8. The van der Waals surface area contributed by atoms with Gasteiger partial charge in [-0.05, 0) is 38.5 Å². The SMILES string of the molecule is CCC1(C(=O)NCCCl)CC2(/C=C\C/C=C\C/C=C\C/C=C\2)C1. The highest BCUT2D eigenvalue weighted by Gasteiger charge is 2.54. The molecule has 1 saturated carbocycles. The quantitative estimate of drug-likeness (QED) is 0.573. The van der Waals surface area contributed by atoms with Crippen molar-refractivity contribution in [1.82, 2.24) is 5.32 Å². The number of nitrogens with one attached hydrogen (secondary N) is 1. The molecule has 2 rings (SSSR count). The predicted molar refractivity (Wildman–Crippen MR) is 98.5 cm³/mol. The Labute approximate surface area is 145 Å². The van der Waals surface area contributed by atoms with Gasteiger partial charge in [0.2, 0.25) is 5.91 Å². The van der Waals surface area contributed by atoms with Gasteiger partial charge in [-0.2, -0.15) is 0 Å². The molecule has 1 spiro atoms. The minimum Gasteiger partial charge on any atom is -0.354 e. The molecule has 0 aromatic rings. The number of allylic oxidation sites excluding steroid dienone is 8. The van der Waals surface area contributed by atoms with Gasteiger partial charge in [-0.15, -0.1) is 11.6 Å². The fraction of sp³-hybridized carbons (Fsp3) is 0.550. The first-order valence-corrected chi connectivity index (χ1v) is 9.19. The van der Waals surface area contributed by atoms with Crippen molar-refractivity contribution < 1.29 is 4.79 Å². The van der Waals surface area contributed by atoms with Crippen LogP contribution in [0.15, 0.2) is 48.6 Å². The summed E-state index contributed by atoms with van der Waals surface area (Å²) >= 11 is 5.69. The van der Waals surface area contributed by atoms with Crippen LogP contribution in [0.4, 0.5) is 0 Å². The Morgan fingerprint density at radius 3 is 2.00 bits per heavy atom. The highest BCUT2D eigenvalue weighted by Crippen LogP contribution is 2.58. The van der Waals surface area contributed by atoms with Gasteiger partial charge in [-0.3, -0.25) is 4.79 Å². The van der Waals surface area contributed by atoms with E-state index in [9.17, 15) is 4.79 Å². The van der Waals surface area contributed by atoms with Crippen molar-refractivity contribution in [1.29, 1.82) is 0 Å². The Morgan fingerprint density at radius 2 is 1.52 bits per heavy atom. The monoisotopic (exact) mass is 333 g/mol. The maximum atomic E-state index is 12.5. The van der Waals surface area contributed by atoms with Crippen molar-refractivity contribution >= 4 is 17.5 Å². The fourth-order valence-electron chi connectivity index (χ4n) is 3.65. The first kappa shape index (κ1) is 18.1. The zero-order valence-electron chi connectivity index (χ0n) is 14.1. The van der Waals surface area contributed by atoms with Crippen LogP contribution in [-0.2, 0) is 4.79 Å². The summed E-state index contributed by atoms with van der Waals surface area (Å²) in [4.78, 5) is 12.5. The molecule has 0 unspecified atom stereocenters. The third kappa shape index (κ3) is 4.60. The third-order valence-electron chi connectivity index (χ3n) is 4.92. The third-order valence-corrected chi connectivity index (χ3v) is 5.11. The van der Waals surface area contributed by atoms with Crippen molar-refractivity contribution in [3.8, 4) is 0 Å². The van der Waals surface area contributed by atoms with Crippen LogP contribution in [0.2, 0.25) is 0 Å². The summed E-state index contributed by atoms with van der Waals surface area (Å²) in [6.07, 6.45) is 23.5. The Kier molecular flexibility index (Phi) is 6.71. The molecule has 0 heterocycles. The number of amides is 1. The summed E-state index contributed by atoms with van der Waals surface area (Å²) in [5.74, 6) is 0.633. The van der Waals surface area contributed by atoms with E-state index in [2.05, 4.69) is 60.8 Å². The van der Waals surface area contributed by atoms with Crippen molar-refractivity contribution in [3.05, 3.63) is 48.6 Å². The van der Waals surface area contributed by atoms with Gasteiger partial charge in [-0.25, -0.2) is 0 Å². The van der Waals surface area contributed by atoms with E-state index in [1.165, 1.54) is 0 Å². The summed E-state index contributed by atoms with van der Waals surface area (Å²) in [6.45, 7) is 2.66. The van der Waals surface area contributed by atoms with E-state index in [4.69, 9.17) is 11.6 Å². The molecule has 0 aromatic heterocycles. The van der Waals surface area contributed by atoms with Gasteiger partial charge in [0.15, 0.2) is 0 Å². The number of carbonyl (C=O) groups excluding carboxylic acids is 1. The Morgan fingerprint density at radius 1 is 1.00 bits per heavy atom. The van der Waals surface area contributed by atoms with E-state index in [0.29, 0.717) is 12.4 Å². The van der Waals surface area contributed by atoms with Crippen molar-refractivity contribution in [2.75, 3.05) is 12.4 Å². The van der Waals surface area contributed by atoms with Gasteiger partial charge in [-0.1, -0.05) is 55.5 Å². The lowest BCUT2D eigenvalue weighted by Gasteiger charge is -2.52. The molecule has 0 aliphatic heterocycles. The summed E-state index contributed by atoms with van der Waals surface area (Å²) < 4.78 is 0. The van der Waals surface area contributed by atoms with E-state index in [-0.39, 0.29) is 16.7 Å². The minimum atomic E-state index is -0.233. The van der Waals surface area contributed by atoms with Crippen LogP contribution < -0.4 is 5.32 Å². The molecule has 1 N–H and O–H groups in total. The molecular formula is C20H28ClNO. The van der Waals surface area contributed by atoms with Gasteiger partial charge in [0.1, 0.15) is 0 Å². The standard InChI is InChI=1S/C20H28ClNO/c1-2-20(18(23)22-15-14-21)16-19(17-20)12-10-8-6-4-3-5-7-9-11-13-19/h4-7,10-13H,2-3,8-9,14-17H2,1H3,(H,22,23)/b6-4-,7-5-,12-10-,13-11-. The lowest BCUT2D eigenvalue weighted by Crippen LogP contribution is -2.53. The Hall–Kier alpha value is -1.28. The average molecular weight is 334 g/mol. The van der Waals surface area contributed by atoms with Crippen LogP contribution >= 0.6 is 11.6 Å². The maximum Gasteiger partial charge on any atom is 0.226 e. The van der Waals surface area contributed by atoms with Gasteiger partial charge >= 0.3 is 0 Å². The molecule has 0 atom stereocenters. The van der Waals surface area contributed by atoms with E-state index < -0.39 is 0 Å². The molecule has 0 radical (unpaired) electrons. The second-order valence-electron chi connectivity index (χ2n) is 6.62. The van der Waals surface area contributed by atoms with Gasteiger partial charge < -0.3 is 5.32 Å². The second kappa shape index (κ2) is 8.54. The van der Waals surface area contributed by atoms with E-state index >= 15 is 0 Å². The summed E-state index contributed by atoms with van der Waals surface area (Å²) in [6, 6.07) is 0. The van der Waals surface area contributed by atoms with E-state index in [1.807, 2.05) is 0 Å². The van der Waals surface area contributed by atoms with Crippen LogP contribution in [0.25, 0.3) is 0 Å². The lowest BCUT2D eigenvalue weighted by molar-refractivity contribution is -0.141. The van der Waals surface area contributed by atoms with Crippen molar-refractivity contribution in [2.45, 2.75) is 45.4 Å². The van der Waals surface area contributed by atoms with Crippen LogP contribution in [0.1, 0.15) is 45.4 Å². The maximum absolute atomic E-state index is 12.5. The van der Waals surface area contributed by atoms with Crippen LogP contribution in [0.5, 0.6) is 0 Å². The first-order chi connectivity index (χ1) is 11.2. The molecular weight excluding hydrogens is 306 g/mol. The smallest absolute Gasteiger partial charge is 0.226 e. The van der Waals surface area contributed by atoms with Gasteiger partial charge in [0, 0.05) is 17.8 Å². The van der Waals surface area contributed by atoms with Crippen LogP contribution in [-0.4, -0.2) is 18.3 Å². The van der Waals surface area contributed by atoms with Crippen molar-refractivity contribution in [3.63, 3.8) is 0 Å². The number of alkyl halides is 1. The minimum absolute atomic E-state index is 0.0369. The number of hydrogen-bond acceptors (Lipinski definition) is 1. The molecule has 0 bridgehead atoms. The molecule has 2 aliphatic carbocycles. The highest BCUT2D eigenvalue weighted by atomic mass is 35.5. The molecule has 2 aliphatic rings. The van der Waals surface area contributed by atoms with Gasteiger partial charge in [0.05, 0.1) is 5.41 Å². The van der Waals surface area contributed by atoms with Crippen LogP contribution in [0.3, 0.4) is 0 Å². The number of hydrogen-bond donors (Lipinski definition) is 1. The zero-order chi connectivity index (χ0) is 16.6. The molecule has 23 heavy (non-hydrogen) atoms. The molecule has 1 amide bonds. The van der Waals surface area contributed by atoms with E-state index in [0.717, 1.165) is 38.5 Å². The summed E-state index contributed by atoms with van der Waals surface area (Å²) in [7, 11) is 0. The fourth-order valence-corrected chi connectivity index (χ4v) is 3.74. The highest BCUT2D eigenvalue weighted by molar-refractivity contribution is 6.18. The first-order valence-electron chi connectivity index (χ1n) is 8.66. The molecule has 3 heteroatoms. The molecule has 1 fully saturated rings. The average Bonchev–Trinajstić information content (AvgIpc) is 2.51. The summed E-state index contributed by atoms with van der Waals surface area (Å²) in [5.41, 5.74) is -0.196. The second-order valence-corrected chi connectivity index (χ2v) is 7.00. The number of rotatable bonds is 4. The van der Waals surface area contributed by atoms with Gasteiger partial charge in [0.25, 0.3) is 0 Å². The molecule has 126 valence electrons. The van der Waals surface area contributed by atoms with Crippen LogP contribution in [0, 0.1) is 10.8 Å². The van der Waals surface area contributed by atoms with Crippen molar-refractivity contribution in [2.24, 2.45) is 10.8 Å². The van der Waals surface area contributed by atoms with E-state index in [1.54, 1.807) is 0 Å². The topological polar surface area (TPSA) is 29.1 Å². The molecule has 0 aromatic carbocycles. The predicted octanol–water partition coefficient (Wildman–Crippen LogP) is 4.93. The normalized spacial score (nSPS) is 27.7. The summed E-state index contributed by atoms with van der Waals surface area (Å²) in [5, 5.41) is 2.98. The number of halogens is 1. The molecule has 2 nitrogen and oxygen atoms in total. The Bertz CT molecular complexity index is 484. The largest absolute Gasteiger partial charge is 0.354 e. The molecule has 0 saturated heterocycles. The number of carbonyl (C=O) groups is 1. The lowest BCUT2D eigenvalue weighted by atomic mass is 9.51.